The van der Waals surface area contributed by atoms with E-state index < -0.39 is 10.0 Å². The number of methoxy groups -OCH3 is 2. The van der Waals surface area contributed by atoms with Gasteiger partial charge in [0.05, 0.1) is 30.7 Å². The maximum atomic E-state index is 12.5. The highest BCUT2D eigenvalue weighted by Crippen LogP contribution is 2.30. The molecule has 0 unspecified atom stereocenters. The Morgan fingerprint density at radius 3 is 2.48 bits per heavy atom. The molecule has 27 heavy (non-hydrogen) atoms. The Bertz CT molecular complexity index is 1110. The Morgan fingerprint density at radius 1 is 1.07 bits per heavy atom. The molecule has 0 saturated heterocycles. The van der Waals surface area contributed by atoms with Crippen LogP contribution < -0.4 is 19.5 Å². The number of rotatable bonds is 6. The highest BCUT2D eigenvalue weighted by Gasteiger charge is 2.13. The van der Waals surface area contributed by atoms with E-state index in [-0.39, 0.29) is 11.0 Å². The molecular formula is C17H17N3O5S2. The fourth-order valence-corrected chi connectivity index (χ4v) is 4.13. The van der Waals surface area contributed by atoms with Crippen molar-refractivity contribution in [3.63, 3.8) is 0 Å². The standard InChI is InChI=1S/C17H17N3O5S2/c1-24-13-7-4-10(8-14(13)25-2)16(21)18-11-5-6-12-15(9-11)26-17(19-12)20-27(3,22)23/h4-9H,1-3H3,(H,18,21)(H,19,20). The molecule has 8 nitrogen and oxygen atoms in total. The molecule has 1 aromatic heterocycles. The van der Waals surface area contributed by atoms with Crippen molar-refractivity contribution < 1.29 is 22.7 Å². The van der Waals surface area contributed by atoms with Crippen LogP contribution in [0.5, 0.6) is 11.5 Å². The molecule has 10 heteroatoms. The topological polar surface area (TPSA) is 107 Å². The first kappa shape index (κ1) is 18.9. The normalized spacial score (nSPS) is 11.2. The van der Waals surface area contributed by atoms with Crippen LogP contribution in [-0.4, -0.2) is 39.8 Å². The third-order valence-corrected chi connectivity index (χ3v) is 5.19. The summed E-state index contributed by atoms with van der Waals surface area (Å²) < 4.78 is 36.1. The molecule has 0 aliphatic rings. The number of carbonyl (C=O) groups is 1. The SMILES string of the molecule is COc1ccc(C(=O)Nc2ccc3nc(NS(C)(=O)=O)sc3c2)cc1OC. The lowest BCUT2D eigenvalue weighted by Crippen LogP contribution is -2.12. The van der Waals surface area contributed by atoms with Gasteiger partial charge in [0.15, 0.2) is 16.6 Å². The average molecular weight is 407 g/mol. The van der Waals surface area contributed by atoms with Gasteiger partial charge in [-0.1, -0.05) is 11.3 Å². The fourth-order valence-electron chi connectivity index (χ4n) is 2.39. The molecule has 1 heterocycles. The van der Waals surface area contributed by atoms with Gasteiger partial charge in [-0.2, -0.15) is 0 Å². The van der Waals surface area contributed by atoms with E-state index >= 15 is 0 Å². The van der Waals surface area contributed by atoms with Crippen LogP contribution in [0.2, 0.25) is 0 Å². The van der Waals surface area contributed by atoms with Crippen LogP contribution in [0.15, 0.2) is 36.4 Å². The summed E-state index contributed by atoms with van der Waals surface area (Å²) in [7, 11) is -0.374. The van der Waals surface area contributed by atoms with Crippen molar-refractivity contribution in [2.75, 3.05) is 30.5 Å². The van der Waals surface area contributed by atoms with Crippen LogP contribution in [0.25, 0.3) is 10.2 Å². The number of amides is 1. The zero-order valence-corrected chi connectivity index (χ0v) is 16.4. The Hall–Kier alpha value is -2.85. The van der Waals surface area contributed by atoms with Crippen LogP contribution in [0.3, 0.4) is 0 Å². The minimum Gasteiger partial charge on any atom is -0.493 e. The van der Waals surface area contributed by atoms with Crippen LogP contribution in [0.4, 0.5) is 10.8 Å². The Balaban J connectivity index is 1.82. The number of hydrogen-bond acceptors (Lipinski definition) is 7. The van der Waals surface area contributed by atoms with E-state index in [4.69, 9.17) is 9.47 Å². The Morgan fingerprint density at radius 2 is 1.81 bits per heavy atom. The zero-order valence-electron chi connectivity index (χ0n) is 14.8. The van der Waals surface area contributed by atoms with Gasteiger partial charge in [-0.05, 0) is 36.4 Å². The third kappa shape index (κ3) is 4.47. The van der Waals surface area contributed by atoms with Crippen molar-refractivity contribution >= 4 is 48.3 Å². The van der Waals surface area contributed by atoms with Crippen molar-refractivity contribution in [3.05, 3.63) is 42.0 Å². The summed E-state index contributed by atoms with van der Waals surface area (Å²) in [6, 6.07) is 10.0. The fraction of sp³-hybridized carbons (Fsp3) is 0.176. The molecule has 2 aromatic carbocycles. The van der Waals surface area contributed by atoms with Gasteiger partial charge in [0.25, 0.3) is 5.91 Å². The van der Waals surface area contributed by atoms with Gasteiger partial charge in [0.2, 0.25) is 10.0 Å². The van der Waals surface area contributed by atoms with Gasteiger partial charge in [-0.3, -0.25) is 9.52 Å². The van der Waals surface area contributed by atoms with Crippen LogP contribution >= 0.6 is 11.3 Å². The number of nitrogens with zero attached hydrogens (tertiary/aromatic N) is 1. The Labute approximate surface area is 160 Å². The molecule has 3 aromatic rings. The lowest BCUT2D eigenvalue weighted by Gasteiger charge is -2.10. The molecule has 2 N–H and O–H groups in total. The number of fused-ring (bicyclic) bond motifs is 1. The molecule has 0 aliphatic heterocycles. The molecule has 0 bridgehead atoms. The predicted molar refractivity (Wildman–Crippen MR) is 106 cm³/mol. The van der Waals surface area contributed by atoms with E-state index in [1.54, 1.807) is 36.4 Å². The number of nitrogens with one attached hydrogen (secondary N) is 2. The number of sulfonamides is 1. The molecule has 0 radical (unpaired) electrons. The third-order valence-electron chi connectivity index (χ3n) is 3.56. The molecule has 0 aliphatic carbocycles. The molecule has 0 atom stereocenters. The van der Waals surface area contributed by atoms with Gasteiger partial charge in [-0.25, -0.2) is 13.4 Å². The molecule has 142 valence electrons. The monoisotopic (exact) mass is 407 g/mol. The van der Waals surface area contributed by atoms with E-state index in [2.05, 4.69) is 15.0 Å². The highest BCUT2D eigenvalue weighted by atomic mass is 32.2. The summed E-state index contributed by atoms with van der Waals surface area (Å²) in [5, 5.41) is 3.08. The summed E-state index contributed by atoms with van der Waals surface area (Å²) in [5.74, 6) is 0.680. The van der Waals surface area contributed by atoms with E-state index in [0.29, 0.717) is 28.3 Å². The second-order valence-corrected chi connectivity index (χ2v) is 8.38. The van der Waals surface area contributed by atoms with E-state index in [0.717, 1.165) is 11.0 Å². The van der Waals surface area contributed by atoms with Crippen LogP contribution in [-0.2, 0) is 10.0 Å². The largest absolute Gasteiger partial charge is 0.493 e. The molecular weight excluding hydrogens is 390 g/mol. The number of thiazole rings is 1. The van der Waals surface area contributed by atoms with E-state index in [1.807, 2.05) is 0 Å². The molecule has 3 rings (SSSR count). The lowest BCUT2D eigenvalue weighted by atomic mass is 10.2. The predicted octanol–water partition coefficient (Wildman–Crippen LogP) is 2.94. The number of hydrogen-bond donors (Lipinski definition) is 2. The summed E-state index contributed by atoms with van der Waals surface area (Å²) >= 11 is 1.18. The quantitative estimate of drug-likeness (QED) is 0.651. The molecule has 1 amide bonds. The number of aromatic nitrogens is 1. The van der Waals surface area contributed by atoms with E-state index in [9.17, 15) is 13.2 Å². The lowest BCUT2D eigenvalue weighted by molar-refractivity contribution is 0.102. The number of ether oxygens (including phenoxy) is 2. The second-order valence-electron chi connectivity index (χ2n) is 5.60. The minimum atomic E-state index is -3.40. The Kier molecular flexibility index (Phi) is 5.19. The zero-order chi connectivity index (χ0) is 19.6. The molecule has 0 spiro atoms. The number of anilines is 2. The summed E-state index contributed by atoms with van der Waals surface area (Å²) in [6.07, 6.45) is 1.06. The summed E-state index contributed by atoms with van der Waals surface area (Å²) in [6.45, 7) is 0. The first-order valence-electron chi connectivity index (χ1n) is 7.71. The summed E-state index contributed by atoms with van der Waals surface area (Å²) in [5.41, 5.74) is 1.61. The number of carbonyl (C=O) groups excluding carboxylic acids is 1. The van der Waals surface area contributed by atoms with Gasteiger partial charge in [-0.15, -0.1) is 0 Å². The van der Waals surface area contributed by atoms with Gasteiger partial charge in [0, 0.05) is 11.3 Å². The average Bonchev–Trinajstić information content (AvgIpc) is 3.00. The van der Waals surface area contributed by atoms with Crippen molar-refractivity contribution in [3.8, 4) is 11.5 Å². The first-order valence-corrected chi connectivity index (χ1v) is 10.4. The van der Waals surface area contributed by atoms with Crippen molar-refractivity contribution in [2.24, 2.45) is 0 Å². The van der Waals surface area contributed by atoms with Crippen LogP contribution in [0, 0.1) is 0 Å². The van der Waals surface area contributed by atoms with Crippen LogP contribution in [0.1, 0.15) is 10.4 Å². The summed E-state index contributed by atoms with van der Waals surface area (Å²) in [4.78, 5) is 16.7. The van der Waals surface area contributed by atoms with Crippen molar-refractivity contribution in [1.82, 2.24) is 4.98 Å². The molecule has 0 fully saturated rings. The van der Waals surface area contributed by atoms with Crippen molar-refractivity contribution in [1.29, 1.82) is 0 Å². The van der Waals surface area contributed by atoms with Gasteiger partial charge < -0.3 is 14.8 Å². The smallest absolute Gasteiger partial charge is 0.255 e. The maximum absolute atomic E-state index is 12.5. The highest BCUT2D eigenvalue weighted by molar-refractivity contribution is 7.92. The second kappa shape index (κ2) is 7.41. The first-order chi connectivity index (χ1) is 12.8. The minimum absolute atomic E-state index is 0.274. The maximum Gasteiger partial charge on any atom is 0.255 e. The van der Waals surface area contributed by atoms with Gasteiger partial charge in [0.1, 0.15) is 0 Å². The van der Waals surface area contributed by atoms with E-state index in [1.165, 1.54) is 25.6 Å². The van der Waals surface area contributed by atoms with Gasteiger partial charge >= 0.3 is 0 Å². The molecule has 0 saturated carbocycles. The number of benzene rings is 2. The van der Waals surface area contributed by atoms with Crippen molar-refractivity contribution in [2.45, 2.75) is 0 Å².